The Bertz CT molecular complexity index is 626. The lowest BCUT2D eigenvalue weighted by Gasteiger charge is -2.33. The number of nitrogens with zero attached hydrogens (tertiary/aromatic N) is 2. The minimum absolute atomic E-state index is 0.154. The first-order valence-corrected chi connectivity index (χ1v) is 7.83. The van der Waals surface area contributed by atoms with Gasteiger partial charge in [0.15, 0.2) is 0 Å². The minimum atomic E-state index is -3.29. The summed E-state index contributed by atoms with van der Waals surface area (Å²) in [7, 11) is -3.29. The molecular weight excluding hydrogens is 290 g/mol. The molecule has 0 atom stereocenters. The van der Waals surface area contributed by atoms with Gasteiger partial charge in [-0.15, -0.1) is 0 Å². The Morgan fingerprint density at radius 3 is 2.30 bits per heavy atom. The highest BCUT2D eigenvalue weighted by Gasteiger charge is 2.27. The van der Waals surface area contributed by atoms with E-state index in [2.05, 4.69) is 0 Å². The molecule has 0 radical (unpaired) electrons. The van der Waals surface area contributed by atoms with Crippen molar-refractivity contribution in [1.82, 2.24) is 9.21 Å². The molecule has 1 aliphatic rings. The third-order valence-corrected chi connectivity index (χ3v) is 4.46. The number of hydrogen-bond acceptors (Lipinski definition) is 3. The van der Waals surface area contributed by atoms with E-state index >= 15 is 0 Å². The summed E-state index contributed by atoms with van der Waals surface area (Å²) in [5, 5.41) is 0. The van der Waals surface area contributed by atoms with Gasteiger partial charge in [0.25, 0.3) is 5.91 Å². The Morgan fingerprint density at radius 2 is 1.75 bits per heavy atom. The molecule has 0 aliphatic carbocycles. The van der Waals surface area contributed by atoms with E-state index in [0.29, 0.717) is 0 Å². The van der Waals surface area contributed by atoms with E-state index in [0.717, 1.165) is 24.5 Å². The number of sulfonamides is 1. The quantitative estimate of drug-likeness (QED) is 0.807. The zero-order valence-electron chi connectivity index (χ0n) is 10.8. The van der Waals surface area contributed by atoms with Gasteiger partial charge in [-0.25, -0.2) is 17.2 Å². The number of piperazine rings is 1. The maximum atomic E-state index is 13.5. The molecule has 110 valence electrons. The molecule has 0 aromatic heterocycles. The number of carbonyl (C=O) groups excluding carboxylic acids is 1. The van der Waals surface area contributed by atoms with Crippen molar-refractivity contribution in [2.45, 2.75) is 0 Å². The van der Waals surface area contributed by atoms with Crippen molar-refractivity contribution in [3.8, 4) is 0 Å². The lowest BCUT2D eigenvalue weighted by atomic mass is 10.1. The highest BCUT2D eigenvalue weighted by atomic mass is 32.2. The van der Waals surface area contributed by atoms with E-state index in [1.165, 1.54) is 9.21 Å². The van der Waals surface area contributed by atoms with Crippen molar-refractivity contribution in [3.05, 3.63) is 35.4 Å². The number of amides is 1. The molecule has 1 amide bonds. The summed E-state index contributed by atoms with van der Waals surface area (Å²) in [6, 6.07) is 2.68. The van der Waals surface area contributed by atoms with Crippen molar-refractivity contribution in [2.75, 3.05) is 32.4 Å². The maximum absolute atomic E-state index is 13.5. The summed E-state index contributed by atoms with van der Waals surface area (Å²) in [5.41, 5.74) is -0.335. The number of rotatable bonds is 2. The average molecular weight is 304 g/mol. The minimum Gasteiger partial charge on any atom is -0.336 e. The van der Waals surface area contributed by atoms with Gasteiger partial charge >= 0.3 is 0 Å². The third-order valence-electron chi connectivity index (χ3n) is 3.15. The Morgan fingerprint density at radius 1 is 1.15 bits per heavy atom. The highest BCUT2D eigenvalue weighted by molar-refractivity contribution is 7.88. The number of benzene rings is 1. The number of carbonyl (C=O) groups is 1. The number of halogens is 2. The molecule has 0 unspecified atom stereocenters. The topological polar surface area (TPSA) is 57.7 Å². The van der Waals surface area contributed by atoms with E-state index in [1.54, 1.807) is 0 Å². The first-order valence-electron chi connectivity index (χ1n) is 5.98. The van der Waals surface area contributed by atoms with Crippen LogP contribution in [0.15, 0.2) is 18.2 Å². The van der Waals surface area contributed by atoms with Crippen LogP contribution in [0.25, 0.3) is 0 Å². The lowest BCUT2D eigenvalue weighted by molar-refractivity contribution is 0.0693. The molecule has 5 nitrogen and oxygen atoms in total. The summed E-state index contributed by atoms with van der Waals surface area (Å²) in [6.07, 6.45) is 1.09. The molecule has 1 aromatic rings. The van der Waals surface area contributed by atoms with Gasteiger partial charge in [-0.1, -0.05) is 0 Å². The van der Waals surface area contributed by atoms with Crippen molar-refractivity contribution >= 4 is 15.9 Å². The van der Waals surface area contributed by atoms with Crippen LogP contribution in [-0.2, 0) is 10.0 Å². The van der Waals surface area contributed by atoms with Crippen LogP contribution in [0.5, 0.6) is 0 Å². The predicted octanol–water partition coefficient (Wildman–Crippen LogP) is 0.682. The first kappa shape index (κ1) is 14.9. The van der Waals surface area contributed by atoms with E-state index in [-0.39, 0.29) is 31.7 Å². The van der Waals surface area contributed by atoms with Gasteiger partial charge in [0.1, 0.15) is 11.6 Å². The summed E-state index contributed by atoms with van der Waals surface area (Å²) in [6.45, 7) is 0.618. The van der Waals surface area contributed by atoms with Gasteiger partial charge < -0.3 is 4.90 Å². The second kappa shape index (κ2) is 5.45. The number of hydrogen-bond donors (Lipinski definition) is 0. The van der Waals surface area contributed by atoms with Gasteiger partial charge in [-0.3, -0.25) is 4.79 Å². The van der Waals surface area contributed by atoms with E-state index in [4.69, 9.17) is 0 Å². The SMILES string of the molecule is CS(=O)(=O)N1CCN(C(=O)c2cc(F)ccc2F)CC1. The molecule has 2 rings (SSSR count). The Balaban J connectivity index is 2.11. The van der Waals surface area contributed by atoms with Crippen LogP contribution in [0, 0.1) is 11.6 Å². The van der Waals surface area contributed by atoms with Gasteiger partial charge in [0, 0.05) is 26.2 Å². The zero-order chi connectivity index (χ0) is 14.9. The van der Waals surface area contributed by atoms with Crippen LogP contribution in [0.1, 0.15) is 10.4 Å². The van der Waals surface area contributed by atoms with Crippen LogP contribution in [0.2, 0.25) is 0 Å². The van der Waals surface area contributed by atoms with Crippen LogP contribution >= 0.6 is 0 Å². The molecule has 20 heavy (non-hydrogen) atoms. The predicted molar refractivity (Wildman–Crippen MR) is 68.7 cm³/mol. The average Bonchev–Trinajstić information content (AvgIpc) is 2.40. The second-order valence-electron chi connectivity index (χ2n) is 4.58. The van der Waals surface area contributed by atoms with E-state index in [9.17, 15) is 22.0 Å². The molecule has 0 N–H and O–H groups in total. The summed E-state index contributed by atoms with van der Waals surface area (Å²) >= 11 is 0. The van der Waals surface area contributed by atoms with Gasteiger partial charge in [0.05, 0.1) is 11.8 Å². The molecule has 1 fully saturated rings. The molecule has 8 heteroatoms. The fourth-order valence-electron chi connectivity index (χ4n) is 2.05. The molecule has 0 bridgehead atoms. The van der Waals surface area contributed by atoms with E-state index < -0.39 is 27.6 Å². The standard InChI is InChI=1S/C12H14F2N2O3S/c1-20(18,19)16-6-4-15(5-7-16)12(17)10-8-9(13)2-3-11(10)14/h2-3,8H,4-7H2,1H3. The molecule has 1 aliphatic heterocycles. The molecular formula is C12H14F2N2O3S. The molecule has 0 spiro atoms. The fraction of sp³-hybridized carbons (Fsp3) is 0.417. The summed E-state index contributed by atoms with van der Waals surface area (Å²) < 4.78 is 50.5. The second-order valence-corrected chi connectivity index (χ2v) is 6.56. The molecule has 1 aromatic carbocycles. The normalized spacial score (nSPS) is 17.2. The van der Waals surface area contributed by atoms with Crippen LogP contribution in [0.3, 0.4) is 0 Å². The lowest BCUT2D eigenvalue weighted by Crippen LogP contribution is -2.50. The van der Waals surface area contributed by atoms with Crippen molar-refractivity contribution < 1.29 is 22.0 Å². The monoisotopic (exact) mass is 304 g/mol. The van der Waals surface area contributed by atoms with Gasteiger partial charge in [0.2, 0.25) is 10.0 Å². The summed E-state index contributed by atoms with van der Waals surface area (Å²) in [5.74, 6) is -2.11. The van der Waals surface area contributed by atoms with Crippen LogP contribution < -0.4 is 0 Å². The third kappa shape index (κ3) is 3.13. The zero-order valence-corrected chi connectivity index (χ0v) is 11.7. The van der Waals surface area contributed by atoms with Crippen LogP contribution in [0.4, 0.5) is 8.78 Å². The molecule has 1 saturated heterocycles. The van der Waals surface area contributed by atoms with E-state index in [1.807, 2.05) is 0 Å². The van der Waals surface area contributed by atoms with Crippen molar-refractivity contribution in [1.29, 1.82) is 0 Å². The van der Waals surface area contributed by atoms with Crippen molar-refractivity contribution in [3.63, 3.8) is 0 Å². The Kier molecular flexibility index (Phi) is 4.05. The fourth-order valence-corrected chi connectivity index (χ4v) is 2.88. The Labute approximate surface area is 115 Å². The molecule has 0 saturated carbocycles. The maximum Gasteiger partial charge on any atom is 0.257 e. The van der Waals surface area contributed by atoms with Crippen LogP contribution in [-0.4, -0.2) is 56.0 Å². The van der Waals surface area contributed by atoms with Gasteiger partial charge in [-0.05, 0) is 18.2 Å². The molecule has 1 heterocycles. The first-order chi connectivity index (χ1) is 9.29. The van der Waals surface area contributed by atoms with Crippen molar-refractivity contribution in [2.24, 2.45) is 0 Å². The largest absolute Gasteiger partial charge is 0.336 e. The Hall–Kier alpha value is -1.54. The highest BCUT2D eigenvalue weighted by Crippen LogP contribution is 2.15. The smallest absolute Gasteiger partial charge is 0.257 e. The summed E-state index contributed by atoms with van der Waals surface area (Å²) in [4.78, 5) is 13.4. The van der Waals surface area contributed by atoms with Gasteiger partial charge in [-0.2, -0.15) is 4.31 Å².